The van der Waals surface area contributed by atoms with Gasteiger partial charge in [0.25, 0.3) is 5.69 Å². The summed E-state index contributed by atoms with van der Waals surface area (Å²) in [5, 5.41) is 22.8. The van der Waals surface area contributed by atoms with Gasteiger partial charge >= 0.3 is 0 Å². The van der Waals surface area contributed by atoms with Gasteiger partial charge in [0, 0.05) is 12.1 Å². The first kappa shape index (κ1) is 19.9. The molecule has 0 saturated carbocycles. The number of thiophene rings is 1. The van der Waals surface area contributed by atoms with Crippen LogP contribution < -0.4 is 0 Å². The molecule has 0 radical (unpaired) electrons. The highest BCUT2D eigenvalue weighted by molar-refractivity contribution is 8.01. The van der Waals surface area contributed by atoms with Crippen LogP contribution in [-0.4, -0.2) is 24.7 Å². The summed E-state index contributed by atoms with van der Waals surface area (Å²) in [4.78, 5) is 16.4. The van der Waals surface area contributed by atoms with E-state index in [1.165, 1.54) is 34.7 Å². The first-order valence-electron chi connectivity index (χ1n) is 9.44. The summed E-state index contributed by atoms with van der Waals surface area (Å²) in [5.41, 5.74) is 3.03. The number of rotatable bonds is 6. The van der Waals surface area contributed by atoms with Gasteiger partial charge in [0.15, 0.2) is 10.2 Å². The standard InChI is InChI=1S/C21H15N5O2S3/c1-2-13-6-3-4-7-16(13)25-19(17-8-5-11-29-17)23-24-20(25)31-21-22-15-10-9-14(26(27)28)12-18(15)30-21/h3-12H,2H2,1H3. The second-order valence-corrected chi connectivity index (χ2v) is 9.78. The molecule has 0 aliphatic rings. The van der Waals surface area contributed by atoms with Crippen molar-refractivity contribution >= 4 is 50.3 Å². The van der Waals surface area contributed by atoms with Crippen molar-refractivity contribution in [1.29, 1.82) is 0 Å². The summed E-state index contributed by atoms with van der Waals surface area (Å²) in [6, 6.07) is 17.0. The van der Waals surface area contributed by atoms with Gasteiger partial charge in [0.1, 0.15) is 0 Å². The maximum absolute atomic E-state index is 11.1. The van der Waals surface area contributed by atoms with E-state index < -0.39 is 4.92 Å². The molecule has 7 nitrogen and oxygen atoms in total. The highest BCUT2D eigenvalue weighted by Crippen LogP contribution is 2.38. The van der Waals surface area contributed by atoms with Crippen LogP contribution in [-0.2, 0) is 6.42 Å². The predicted molar refractivity (Wildman–Crippen MR) is 124 cm³/mol. The zero-order valence-electron chi connectivity index (χ0n) is 16.3. The Morgan fingerprint density at radius 3 is 2.77 bits per heavy atom. The number of nitrogens with zero attached hydrogens (tertiary/aromatic N) is 5. The molecule has 5 rings (SSSR count). The summed E-state index contributed by atoms with van der Waals surface area (Å²) in [6.07, 6.45) is 0.882. The van der Waals surface area contributed by atoms with Crippen LogP contribution in [0.1, 0.15) is 12.5 Å². The van der Waals surface area contributed by atoms with Gasteiger partial charge in [-0.05, 0) is 47.3 Å². The van der Waals surface area contributed by atoms with E-state index in [1.54, 1.807) is 23.5 Å². The average Bonchev–Trinajstić information content (AvgIpc) is 3.52. The SMILES string of the molecule is CCc1ccccc1-n1c(Sc2nc3ccc([N+](=O)[O-])cc3s2)nnc1-c1cccs1. The van der Waals surface area contributed by atoms with E-state index in [0.717, 1.165) is 37.4 Å². The van der Waals surface area contributed by atoms with Gasteiger partial charge in [0.05, 0.1) is 25.7 Å². The minimum atomic E-state index is -0.391. The van der Waals surface area contributed by atoms with E-state index in [-0.39, 0.29) is 5.69 Å². The Bertz CT molecular complexity index is 1390. The third-order valence-corrected chi connectivity index (χ3v) is 7.62. The summed E-state index contributed by atoms with van der Waals surface area (Å²) in [6.45, 7) is 2.13. The fourth-order valence-electron chi connectivity index (χ4n) is 3.27. The van der Waals surface area contributed by atoms with Crippen molar-refractivity contribution in [2.75, 3.05) is 0 Å². The molecule has 5 aromatic rings. The molecule has 0 fully saturated rings. The van der Waals surface area contributed by atoms with Gasteiger partial charge in [-0.25, -0.2) is 4.98 Å². The van der Waals surface area contributed by atoms with Crippen LogP contribution in [0.15, 0.2) is 69.5 Å². The van der Waals surface area contributed by atoms with E-state index in [9.17, 15) is 10.1 Å². The number of para-hydroxylation sites is 1. The van der Waals surface area contributed by atoms with Crippen molar-refractivity contribution < 1.29 is 4.92 Å². The predicted octanol–water partition coefficient (Wildman–Crippen LogP) is 6.23. The zero-order chi connectivity index (χ0) is 21.4. The van der Waals surface area contributed by atoms with Crippen LogP contribution >= 0.6 is 34.4 Å². The number of hydrogen-bond donors (Lipinski definition) is 0. The quantitative estimate of drug-likeness (QED) is 0.218. The number of hydrogen-bond acceptors (Lipinski definition) is 8. The zero-order valence-corrected chi connectivity index (χ0v) is 18.7. The Labute approximate surface area is 189 Å². The van der Waals surface area contributed by atoms with E-state index in [0.29, 0.717) is 5.16 Å². The van der Waals surface area contributed by atoms with Crippen LogP contribution in [0.5, 0.6) is 0 Å². The molecule has 0 spiro atoms. The molecule has 0 aliphatic carbocycles. The van der Waals surface area contributed by atoms with Crippen LogP contribution in [0.4, 0.5) is 5.69 Å². The fourth-order valence-corrected chi connectivity index (χ4v) is 6.02. The van der Waals surface area contributed by atoms with Crippen LogP contribution in [0.3, 0.4) is 0 Å². The number of thiazole rings is 1. The van der Waals surface area contributed by atoms with Crippen molar-refractivity contribution in [2.24, 2.45) is 0 Å². The van der Waals surface area contributed by atoms with Crippen molar-refractivity contribution in [2.45, 2.75) is 22.8 Å². The van der Waals surface area contributed by atoms with Gasteiger partial charge in [-0.2, -0.15) is 0 Å². The molecule has 0 N–H and O–H groups in total. The minimum Gasteiger partial charge on any atom is -0.269 e. The first-order valence-corrected chi connectivity index (χ1v) is 12.0. The smallest absolute Gasteiger partial charge is 0.269 e. The summed E-state index contributed by atoms with van der Waals surface area (Å²) in [7, 11) is 0. The normalized spacial score (nSPS) is 11.3. The summed E-state index contributed by atoms with van der Waals surface area (Å²) < 4.78 is 3.61. The van der Waals surface area contributed by atoms with Gasteiger partial charge in [-0.3, -0.25) is 14.7 Å². The monoisotopic (exact) mass is 465 g/mol. The Hall–Kier alpha value is -3.08. The lowest BCUT2D eigenvalue weighted by Crippen LogP contribution is -2.02. The number of aromatic nitrogens is 4. The molecular weight excluding hydrogens is 450 g/mol. The lowest BCUT2D eigenvalue weighted by atomic mass is 10.1. The van der Waals surface area contributed by atoms with E-state index in [1.807, 2.05) is 29.6 Å². The Kier molecular flexibility index (Phi) is 5.26. The Morgan fingerprint density at radius 2 is 2.00 bits per heavy atom. The molecule has 0 amide bonds. The van der Waals surface area contributed by atoms with Crippen LogP contribution in [0.2, 0.25) is 0 Å². The molecule has 0 unspecified atom stereocenters. The molecule has 0 bridgehead atoms. The average molecular weight is 466 g/mol. The molecule has 10 heteroatoms. The van der Waals surface area contributed by atoms with E-state index in [2.05, 4.69) is 38.8 Å². The Morgan fingerprint density at radius 1 is 1.13 bits per heavy atom. The maximum atomic E-state index is 11.1. The minimum absolute atomic E-state index is 0.0627. The number of aryl methyl sites for hydroxylation is 1. The van der Waals surface area contributed by atoms with Crippen molar-refractivity contribution in [1.82, 2.24) is 19.7 Å². The number of fused-ring (bicyclic) bond motifs is 1. The lowest BCUT2D eigenvalue weighted by Gasteiger charge is -2.12. The molecule has 2 aromatic carbocycles. The van der Waals surface area contributed by atoms with Gasteiger partial charge in [0.2, 0.25) is 5.16 Å². The third kappa shape index (κ3) is 3.73. The second-order valence-electron chi connectivity index (χ2n) is 6.59. The molecule has 31 heavy (non-hydrogen) atoms. The number of benzene rings is 2. The van der Waals surface area contributed by atoms with Gasteiger partial charge in [-0.15, -0.1) is 32.9 Å². The molecule has 0 aliphatic heterocycles. The van der Waals surface area contributed by atoms with E-state index >= 15 is 0 Å². The first-order chi connectivity index (χ1) is 15.1. The molecule has 0 atom stereocenters. The second kappa shape index (κ2) is 8.22. The molecule has 0 saturated heterocycles. The fraction of sp³-hybridized carbons (Fsp3) is 0.0952. The van der Waals surface area contributed by atoms with E-state index in [4.69, 9.17) is 0 Å². The van der Waals surface area contributed by atoms with Crippen molar-refractivity contribution in [3.63, 3.8) is 0 Å². The summed E-state index contributed by atoms with van der Waals surface area (Å²) in [5.74, 6) is 0.787. The molecule has 154 valence electrons. The maximum Gasteiger partial charge on any atom is 0.270 e. The highest BCUT2D eigenvalue weighted by Gasteiger charge is 2.21. The summed E-state index contributed by atoms with van der Waals surface area (Å²) >= 11 is 4.45. The molecule has 3 heterocycles. The van der Waals surface area contributed by atoms with Gasteiger partial charge < -0.3 is 0 Å². The van der Waals surface area contributed by atoms with Crippen molar-refractivity contribution in [3.8, 4) is 16.4 Å². The highest BCUT2D eigenvalue weighted by atomic mass is 32.2. The number of nitro benzene ring substituents is 1. The van der Waals surface area contributed by atoms with Gasteiger partial charge in [-0.1, -0.05) is 31.2 Å². The van der Waals surface area contributed by atoms with Crippen LogP contribution in [0, 0.1) is 10.1 Å². The number of non-ortho nitro benzene ring substituents is 1. The topological polar surface area (TPSA) is 86.7 Å². The third-order valence-electron chi connectivity index (χ3n) is 4.73. The van der Waals surface area contributed by atoms with Crippen LogP contribution in [0.25, 0.3) is 26.6 Å². The van der Waals surface area contributed by atoms with Crippen molar-refractivity contribution in [3.05, 3.63) is 75.7 Å². The number of nitro groups is 1. The Balaban J connectivity index is 1.61. The largest absolute Gasteiger partial charge is 0.270 e. The molecular formula is C21H15N5O2S3. The molecule has 3 aromatic heterocycles. The lowest BCUT2D eigenvalue weighted by molar-refractivity contribution is -0.384.